The van der Waals surface area contributed by atoms with Crippen LogP contribution in [0.15, 0.2) is 116 Å². The van der Waals surface area contributed by atoms with Crippen molar-refractivity contribution in [3.63, 3.8) is 0 Å². The summed E-state index contributed by atoms with van der Waals surface area (Å²) < 4.78 is 33.3. The van der Waals surface area contributed by atoms with Gasteiger partial charge >= 0.3 is 0 Å². The molecule has 0 aliphatic carbocycles. The second-order valence-electron chi connectivity index (χ2n) is 12.3. The first-order valence-electron chi connectivity index (χ1n) is 17.1. The van der Waals surface area contributed by atoms with E-state index in [4.69, 9.17) is 5.48 Å². The molecular weight excluding hydrogens is 773 g/mol. The summed E-state index contributed by atoms with van der Waals surface area (Å²) in [5.74, 6) is -0.716. The van der Waals surface area contributed by atoms with Crippen molar-refractivity contribution in [2.24, 2.45) is 0 Å². The van der Waals surface area contributed by atoms with E-state index in [1.165, 1.54) is 42.6 Å². The zero-order valence-corrected chi connectivity index (χ0v) is 30.8. The third kappa shape index (κ3) is 7.29. The summed E-state index contributed by atoms with van der Waals surface area (Å²) >= 11 is 1.82. The second-order valence-corrected chi connectivity index (χ2v) is 18.4. The molecule has 0 bridgehead atoms. The van der Waals surface area contributed by atoms with Crippen molar-refractivity contribution in [3.05, 3.63) is 139 Å². The normalized spacial score (nSPS) is 13.1. The molecule has 4 aromatic carbocycles. The minimum Gasteiger partial charge on any atom is -0.305 e. The first-order valence-corrected chi connectivity index (χ1v) is 19.4. The Balaban J connectivity index is 0.000000191. The van der Waals surface area contributed by atoms with Gasteiger partial charge in [0.05, 0.1) is 8.07 Å². The van der Waals surface area contributed by atoms with E-state index in [9.17, 15) is 0 Å². The van der Waals surface area contributed by atoms with Gasteiger partial charge in [-0.2, -0.15) is 11.3 Å². The molecule has 0 saturated heterocycles. The van der Waals surface area contributed by atoms with Crippen LogP contribution in [0.4, 0.5) is 0 Å². The number of aryl methyl sites for hydroxylation is 1. The first-order chi connectivity index (χ1) is 23.2. The Bertz CT molecular complexity index is 2220. The van der Waals surface area contributed by atoms with Crippen molar-refractivity contribution in [1.29, 1.82) is 0 Å². The monoisotopic (exact) mass is 815 g/mol. The molecule has 0 amide bonds. The molecule has 5 heteroatoms. The summed E-state index contributed by atoms with van der Waals surface area (Å²) in [7, 11) is -1.61. The Kier molecular flexibility index (Phi) is 8.89. The SMILES string of the molecule is [2H]C([2H])([2H])c1c[c-]c(-c2cc(C([2H])(C)C)c([Si](C)(C)C)cn2)cc1.[Ir].[c-]1ccc2c(sc3cc(-c4ccccc4)ccc32)c1-c1ccccn1. The van der Waals surface area contributed by atoms with Crippen LogP contribution in [-0.2, 0) is 20.1 Å². The largest absolute Gasteiger partial charge is 0.305 e. The number of aromatic nitrogens is 2. The summed E-state index contributed by atoms with van der Waals surface area (Å²) in [5, 5.41) is 3.76. The minimum absolute atomic E-state index is 0. The molecule has 1 radical (unpaired) electrons. The maximum atomic E-state index is 8.48. The molecular formula is C41H38IrN2SSi-2. The van der Waals surface area contributed by atoms with Crippen LogP contribution in [0.1, 0.15) is 36.4 Å². The smallest absolute Gasteiger partial charge is 0.0799 e. The fourth-order valence-electron chi connectivity index (χ4n) is 5.45. The fourth-order valence-corrected chi connectivity index (χ4v) is 8.28. The van der Waals surface area contributed by atoms with Crippen molar-refractivity contribution < 1.29 is 25.6 Å². The van der Waals surface area contributed by atoms with E-state index in [1.54, 1.807) is 12.1 Å². The second kappa shape index (κ2) is 14.4. The van der Waals surface area contributed by atoms with Crippen molar-refractivity contribution in [2.75, 3.05) is 0 Å². The standard InChI is InChI=1S/C23H14NS.C18H24NSi.Ir/c1-2-7-16(8-3-1)17-12-13-18-19-9-6-10-20(21-11-4-5-14-24-21)23(19)25-22(18)15-17;1-13(2)16-11-17(15-9-7-14(3)8-10-15)19-12-18(16)20(4,5)6;/h1-9,11-15H;7-9,11-13H,1-6H3;/q2*-1;/i;3D3,13D;. The maximum Gasteiger partial charge on any atom is 0.0799 e. The quantitative estimate of drug-likeness (QED) is 0.128. The summed E-state index contributed by atoms with van der Waals surface area (Å²) in [6.07, 6.45) is 3.72. The molecule has 46 heavy (non-hydrogen) atoms. The van der Waals surface area contributed by atoms with Crippen molar-refractivity contribution in [1.82, 2.24) is 9.97 Å². The van der Waals surface area contributed by atoms with Gasteiger partial charge in [0.25, 0.3) is 0 Å². The van der Waals surface area contributed by atoms with Gasteiger partial charge in [-0.3, -0.25) is 0 Å². The van der Waals surface area contributed by atoms with Gasteiger partial charge in [0.2, 0.25) is 0 Å². The Morgan fingerprint density at radius 2 is 1.61 bits per heavy atom. The Labute approximate surface area is 297 Å². The third-order valence-electron chi connectivity index (χ3n) is 7.80. The van der Waals surface area contributed by atoms with Gasteiger partial charge in [0.15, 0.2) is 0 Å². The number of nitrogens with zero attached hydrogens (tertiary/aromatic N) is 2. The number of benzene rings is 4. The molecule has 0 fully saturated rings. The summed E-state index contributed by atoms with van der Waals surface area (Å²) in [5.41, 5.74) is 7.29. The number of thiophene rings is 1. The average Bonchev–Trinajstić information content (AvgIpc) is 3.46. The molecule has 0 N–H and O–H groups in total. The van der Waals surface area contributed by atoms with Gasteiger partial charge in [0.1, 0.15) is 0 Å². The Morgan fingerprint density at radius 3 is 2.28 bits per heavy atom. The van der Waals surface area contributed by atoms with E-state index in [0.717, 1.165) is 28.1 Å². The predicted molar refractivity (Wildman–Crippen MR) is 197 cm³/mol. The number of pyridine rings is 2. The van der Waals surface area contributed by atoms with Crippen LogP contribution in [0.5, 0.6) is 0 Å². The minimum atomic E-state index is -2.13. The van der Waals surface area contributed by atoms with E-state index in [1.807, 2.05) is 67.9 Å². The molecule has 7 rings (SSSR count). The number of rotatable bonds is 5. The third-order valence-corrected chi connectivity index (χ3v) is 11.0. The molecule has 0 unspecified atom stereocenters. The Hall–Kier alpha value is -3.73. The fraction of sp³-hybridized carbons (Fsp3) is 0.171. The van der Waals surface area contributed by atoms with Gasteiger partial charge in [-0.1, -0.05) is 112 Å². The predicted octanol–water partition coefficient (Wildman–Crippen LogP) is 11.1. The molecule has 0 spiro atoms. The van der Waals surface area contributed by atoms with E-state index in [-0.39, 0.29) is 25.7 Å². The van der Waals surface area contributed by atoms with Crippen LogP contribution in [0, 0.1) is 19.0 Å². The van der Waals surface area contributed by atoms with Gasteiger partial charge < -0.3 is 9.97 Å². The molecule has 2 nitrogen and oxygen atoms in total. The van der Waals surface area contributed by atoms with Gasteiger partial charge in [-0.15, -0.1) is 59.2 Å². The van der Waals surface area contributed by atoms with Crippen LogP contribution in [0.25, 0.3) is 53.8 Å². The zero-order valence-electron chi connectivity index (χ0n) is 30.6. The molecule has 7 aromatic rings. The van der Waals surface area contributed by atoms with Crippen LogP contribution in [-0.4, -0.2) is 18.0 Å². The molecule has 0 saturated carbocycles. The molecule has 3 heterocycles. The maximum absolute atomic E-state index is 8.48. The van der Waals surface area contributed by atoms with E-state index in [2.05, 4.69) is 96.3 Å². The molecule has 0 aliphatic heterocycles. The van der Waals surface area contributed by atoms with Crippen molar-refractivity contribution in [2.45, 2.75) is 46.2 Å². The van der Waals surface area contributed by atoms with E-state index >= 15 is 0 Å². The number of hydrogen-bond donors (Lipinski definition) is 0. The molecule has 233 valence electrons. The van der Waals surface area contributed by atoms with Gasteiger partial charge in [-0.05, 0) is 55.8 Å². The van der Waals surface area contributed by atoms with Crippen LogP contribution < -0.4 is 5.19 Å². The van der Waals surface area contributed by atoms with E-state index in [0.29, 0.717) is 0 Å². The summed E-state index contributed by atoms with van der Waals surface area (Å²) in [6.45, 7) is 8.38. The van der Waals surface area contributed by atoms with Crippen LogP contribution in [0.2, 0.25) is 19.6 Å². The van der Waals surface area contributed by atoms with Gasteiger partial charge in [-0.25, -0.2) is 0 Å². The Morgan fingerprint density at radius 1 is 0.804 bits per heavy atom. The summed E-state index contributed by atoms with van der Waals surface area (Å²) in [4.78, 5) is 9.07. The average molecular weight is 815 g/mol. The van der Waals surface area contributed by atoms with Crippen LogP contribution in [0.3, 0.4) is 0 Å². The molecule has 0 atom stereocenters. The number of hydrogen-bond acceptors (Lipinski definition) is 3. The van der Waals surface area contributed by atoms with Crippen molar-refractivity contribution >= 4 is 44.8 Å². The number of fused-ring (bicyclic) bond motifs is 3. The topological polar surface area (TPSA) is 25.8 Å². The first kappa shape index (κ1) is 28.5. The van der Waals surface area contributed by atoms with Crippen molar-refractivity contribution in [3.8, 4) is 33.6 Å². The van der Waals surface area contributed by atoms with E-state index < -0.39 is 20.8 Å². The zero-order chi connectivity index (χ0) is 35.0. The molecule has 3 aromatic heterocycles. The van der Waals surface area contributed by atoms with Crippen LogP contribution >= 0.6 is 11.3 Å². The summed E-state index contributed by atoms with van der Waals surface area (Å²) in [6, 6.07) is 40.6. The molecule has 0 aliphatic rings. The van der Waals surface area contributed by atoms with Gasteiger partial charge in [0, 0.05) is 42.7 Å².